The van der Waals surface area contributed by atoms with Crippen LogP contribution in [0, 0.1) is 0 Å². The van der Waals surface area contributed by atoms with Crippen molar-refractivity contribution in [1.29, 1.82) is 0 Å². The second-order valence-corrected chi connectivity index (χ2v) is 5.20. The van der Waals surface area contributed by atoms with Gasteiger partial charge >= 0.3 is 0 Å². The van der Waals surface area contributed by atoms with Crippen LogP contribution in [0.15, 0.2) is 41.0 Å². The summed E-state index contributed by atoms with van der Waals surface area (Å²) in [4.78, 5) is 0. The van der Waals surface area contributed by atoms with Gasteiger partial charge in [-0.1, -0.05) is 6.07 Å². The summed E-state index contributed by atoms with van der Waals surface area (Å²) in [6.45, 7) is 4.26. The molecule has 0 saturated carbocycles. The van der Waals surface area contributed by atoms with Gasteiger partial charge in [-0.15, -0.1) is 0 Å². The van der Waals surface area contributed by atoms with E-state index in [0.29, 0.717) is 6.04 Å². The minimum Gasteiger partial charge on any atom is -0.493 e. The summed E-state index contributed by atoms with van der Waals surface area (Å²) in [5, 5.41) is 3.53. The van der Waals surface area contributed by atoms with Gasteiger partial charge in [0, 0.05) is 6.04 Å². The Hall–Kier alpha value is -1.94. The molecular weight excluding hydrogens is 266 g/mol. The molecule has 1 unspecified atom stereocenters. The van der Waals surface area contributed by atoms with E-state index >= 15 is 0 Å². The number of ether oxygens (including phenoxy) is 2. The second kappa shape index (κ2) is 7.18. The van der Waals surface area contributed by atoms with E-state index in [9.17, 15) is 0 Å². The molecule has 0 amide bonds. The maximum absolute atomic E-state index is 5.41. The van der Waals surface area contributed by atoms with Crippen molar-refractivity contribution < 1.29 is 13.9 Å². The molecule has 2 rings (SSSR count). The average Bonchev–Trinajstić information content (AvgIpc) is 3.01. The third kappa shape index (κ3) is 4.02. The molecule has 21 heavy (non-hydrogen) atoms. The molecule has 0 spiro atoms. The number of methoxy groups -OCH3 is 2. The first-order valence-corrected chi connectivity index (χ1v) is 7.14. The minimum atomic E-state index is 0.190. The Balaban J connectivity index is 1.97. The molecule has 2 atom stereocenters. The topological polar surface area (TPSA) is 43.6 Å². The van der Waals surface area contributed by atoms with Crippen molar-refractivity contribution in [3.8, 4) is 11.5 Å². The first-order chi connectivity index (χ1) is 10.1. The Bertz CT molecular complexity index is 551. The fraction of sp³-hybridized carbons (Fsp3) is 0.412. The highest BCUT2D eigenvalue weighted by Crippen LogP contribution is 2.28. The third-order valence-corrected chi connectivity index (χ3v) is 3.49. The predicted octanol–water partition coefficient (Wildman–Crippen LogP) is 3.58. The summed E-state index contributed by atoms with van der Waals surface area (Å²) in [6, 6.07) is 10.4. The smallest absolute Gasteiger partial charge is 0.160 e. The standard InChI is InChI=1S/C17H23NO3/c1-12(18-13(2)15-6-5-9-21-15)10-14-7-8-16(19-3)17(11-14)20-4/h5-9,11-13,18H,10H2,1-4H3/t12?,13-/m1/s1. The van der Waals surface area contributed by atoms with Crippen LogP contribution in [0.2, 0.25) is 0 Å². The Labute approximate surface area is 126 Å². The van der Waals surface area contributed by atoms with E-state index < -0.39 is 0 Å². The largest absolute Gasteiger partial charge is 0.493 e. The van der Waals surface area contributed by atoms with Crippen molar-refractivity contribution in [2.75, 3.05) is 14.2 Å². The number of furan rings is 1. The van der Waals surface area contributed by atoms with Gasteiger partial charge in [0.2, 0.25) is 0 Å². The zero-order chi connectivity index (χ0) is 15.2. The van der Waals surface area contributed by atoms with Crippen molar-refractivity contribution in [3.05, 3.63) is 47.9 Å². The molecule has 0 aliphatic carbocycles. The summed E-state index contributed by atoms with van der Waals surface area (Å²) in [5.41, 5.74) is 1.21. The molecule has 0 fully saturated rings. The molecule has 1 N–H and O–H groups in total. The maximum atomic E-state index is 5.41. The highest BCUT2D eigenvalue weighted by Gasteiger charge is 2.13. The van der Waals surface area contributed by atoms with E-state index in [1.165, 1.54) is 5.56 Å². The number of benzene rings is 1. The average molecular weight is 289 g/mol. The lowest BCUT2D eigenvalue weighted by Gasteiger charge is -2.19. The SMILES string of the molecule is COc1ccc(CC(C)N[C@H](C)c2ccco2)cc1OC. The molecule has 1 aromatic heterocycles. The van der Waals surface area contributed by atoms with Gasteiger partial charge in [0.05, 0.1) is 26.5 Å². The molecule has 0 aliphatic rings. The van der Waals surface area contributed by atoms with Crippen molar-refractivity contribution in [1.82, 2.24) is 5.32 Å². The van der Waals surface area contributed by atoms with Crippen LogP contribution in [0.5, 0.6) is 11.5 Å². The number of nitrogens with one attached hydrogen (secondary N) is 1. The molecule has 1 heterocycles. The van der Waals surface area contributed by atoms with Gasteiger partial charge in [-0.25, -0.2) is 0 Å². The third-order valence-electron chi connectivity index (χ3n) is 3.49. The Morgan fingerprint density at radius 2 is 1.86 bits per heavy atom. The second-order valence-electron chi connectivity index (χ2n) is 5.20. The normalized spacial score (nSPS) is 13.7. The fourth-order valence-electron chi connectivity index (χ4n) is 2.47. The zero-order valence-corrected chi connectivity index (χ0v) is 13.1. The highest BCUT2D eigenvalue weighted by atomic mass is 16.5. The van der Waals surface area contributed by atoms with Crippen LogP contribution in [0.3, 0.4) is 0 Å². The Morgan fingerprint density at radius 3 is 2.48 bits per heavy atom. The Kier molecular flexibility index (Phi) is 5.28. The molecule has 4 heteroatoms. The molecule has 0 bridgehead atoms. The summed E-state index contributed by atoms with van der Waals surface area (Å²) in [5.74, 6) is 2.47. The predicted molar refractivity (Wildman–Crippen MR) is 83.0 cm³/mol. The van der Waals surface area contributed by atoms with Crippen molar-refractivity contribution in [3.63, 3.8) is 0 Å². The molecule has 1 aromatic carbocycles. The molecule has 114 valence electrons. The van der Waals surface area contributed by atoms with Crippen LogP contribution in [-0.4, -0.2) is 20.3 Å². The van der Waals surface area contributed by atoms with E-state index in [0.717, 1.165) is 23.7 Å². The lowest BCUT2D eigenvalue weighted by molar-refractivity contribution is 0.354. The van der Waals surface area contributed by atoms with Gasteiger partial charge in [-0.3, -0.25) is 0 Å². The first-order valence-electron chi connectivity index (χ1n) is 7.14. The van der Waals surface area contributed by atoms with Gasteiger partial charge in [0.1, 0.15) is 5.76 Å². The highest BCUT2D eigenvalue weighted by molar-refractivity contribution is 5.43. The summed E-state index contributed by atoms with van der Waals surface area (Å²) in [7, 11) is 3.30. The zero-order valence-electron chi connectivity index (χ0n) is 13.1. The van der Waals surface area contributed by atoms with Crippen LogP contribution < -0.4 is 14.8 Å². The van der Waals surface area contributed by atoms with Crippen molar-refractivity contribution in [2.45, 2.75) is 32.4 Å². The van der Waals surface area contributed by atoms with Crippen LogP contribution in [0.1, 0.15) is 31.2 Å². The van der Waals surface area contributed by atoms with E-state index in [-0.39, 0.29) is 6.04 Å². The van der Waals surface area contributed by atoms with E-state index in [1.54, 1.807) is 20.5 Å². The lowest BCUT2D eigenvalue weighted by atomic mass is 10.1. The number of hydrogen-bond acceptors (Lipinski definition) is 4. The summed E-state index contributed by atoms with van der Waals surface area (Å²) < 4.78 is 16.0. The van der Waals surface area contributed by atoms with Gasteiger partial charge in [0.25, 0.3) is 0 Å². The molecule has 0 aliphatic heterocycles. The van der Waals surface area contributed by atoms with Gasteiger partial charge < -0.3 is 19.2 Å². The van der Waals surface area contributed by atoms with E-state index in [4.69, 9.17) is 13.9 Å². The monoisotopic (exact) mass is 289 g/mol. The summed E-state index contributed by atoms with van der Waals surface area (Å²) >= 11 is 0. The van der Waals surface area contributed by atoms with E-state index in [2.05, 4.69) is 25.2 Å². The Morgan fingerprint density at radius 1 is 1.10 bits per heavy atom. The fourth-order valence-corrected chi connectivity index (χ4v) is 2.47. The van der Waals surface area contributed by atoms with Crippen molar-refractivity contribution >= 4 is 0 Å². The summed E-state index contributed by atoms with van der Waals surface area (Å²) in [6.07, 6.45) is 2.61. The number of rotatable bonds is 7. The van der Waals surface area contributed by atoms with E-state index in [1.807, 2.05) is 24.3 Å². The molecule has 4 nitrogen and oxygen atoms in total. The van der Waals surface area contributed by atoms with Crippen LogP contribution in [-0.2, 0) is 6.42 Å². The van der Waals surface area contributed by atoms with Crippen molar-refractivity contribution in [2.24, 2.45) is 0 Å². The van der Waals surface area contributed by atoms with Gasteiger partial charge in [-0.05, 0) is 50.1 Å². The molecule has 2 aromatic rings. The van der Waals surface area contributed by atoms with Crippen LogP contribution in [0.25, 0.3) is 0 Å². The van der Waals surface area contributed by atoms with Gasteiger partial charge in [0.15, 0.2) is 11.5 Å². The quantitative estimate of drug-likeness (QED) is 0.846. The number of hydrogen-bond donors (Lipinski definition) is 1. The van der Waals surface area contributed by atoms with Gasteiger partial charge in [-0.2, -0.15) is 0 Å². The molecular formula is C17H23NO3. The maximum Gasteiger partial charge on any atom is 0.160 e. The molecule has 0 saturated heterocycles. The lowest BCUT2D eigenvalue weighted by Crippen LogP contribution is -2.30. The van der Waals surface area contributed by atoms with Crippen LogP contribution >= 0.6 is 0 Å². The molecule has 0 radical (unpaired) electrons. The first kappa shape index (κ1) is 15.4. The minimum absolute atomic E-state index is 0.190. The van der Waals surface area contributed by atoms with Crippen LogP contribution in [0.4, 0.5) is 0 Å².